The molecular weight excluding hydrogens is 289 g/mol. The Morgan fingerprint density at radius 1 is 1.35 bits per heavy atom. The molecule has 1 fully saturated rings. The second-order valence-corrected chi connectivity index (χ2v) is 5.71. The first-order valence-electron chi connectivity index (χ1n) is 5.97. The van der Waals surface area contributed by atoms with E-state index in [1.165, 1.54) is 6.07 Å². The van der Waals surface area contributed by atoms with Gasteiger partial charge in [0.1, 0.15) is 0 Å². The first-order valence-corrected chi connectivity index (χ1v) is 6.96. The second kappa shape index (κ2) is 5.12. The number of carbonyl (C=O) groups excluding carboxylic acids is 1. The van der Waals surface area contributed by atoms with E-state index in [0.29, 0.717) is 5.56 Å². The summed E-state index contributed by atoms with van der Waals surface area (Å²) in [5.74, 6) is -0.313. The van der Waals surface area contributed by atoms with Crippen molar-refractivity contribution in [3.05, 3.63) is 29.3 Å². The molecule has 0 bridgehead atoms. The van der Waals surface area contributed by atoms with Crippen LogP contribution in [-0.2, 0) is 11.0 Å². The maximum absolute atomic E-state index is 12.8. The molecule has 1 aliphatic rings. The van der Waals surface area contributed by atoms with Crippen molar-refractivity contribution in [2.75, 3.05) is 10.7 Å². The van der Waals surface area contributed by atoms with E-state index in [1.54, 1.807) is 0 Å². The highest BCUT2D eigenvalue weighted by atomic mass is 32.2. The number of amides is 1. The molecule has 20 heavy (non-hydrogen) atoms. The molecule has 1 aliphatic heterocycles. The van der Waals surface area contributed by atoms with Crippen LogP contribution >= 0.6 is 11.8 Å². The molecule has 0 atom stereocenters. The van der Waals surface area contributed by atoms with Gasteiger partial charge in [-0.15, -0.1) is 0 Å². The molecule has 1 heterocycles. The van der Waals surface area contributed by atoms with Gasteiger partial charge in [-0.1, -0.05) is 31.7 Å². The van der Waals surface area contributed by atoms with Crippen LogP contribution in [0.4, 0.5) is 18.9 Å². The third-order valence-corrected chi connectivity index (χ3v) is 3.85. The van der Waals surface area contributed by atoms with E-state index in [-0.39, 0.29) is 28.4 Å². The number of thioether (sulfide) groups is 1. The summed E-state index contributed by atoms with van der Waals surface area (Å²) >= 11 is 1.02. The minimum Gasteiger partial charge on any atom is -0.278 e. The predicted octanol–water partition coefficient (Wildman–Crippen LogP) is 3.84. The molecule has 3 nitrogen and oxygen atoms in total. The summed E-state index contributed by atoms with van der Waals surface area (Å²) in [5, 5.41) is 7.69. The molecule has 7 heteroatoms. The predicted molar refractivity (Wildman–Crippen MR) is 73.2 cm³/mol. The summed E-state index contributed by atoms with van der Waals surface area (Å²) in [6.07, 6.45) is -4.47. The number of anilines is 1. The minimum atomic E-state index is -4.47. The van der Waals surface area contributed by atoms with E-state index in [4.69, 9.17) is 5.41 Å². The Labute approximate surface area is 118 Å². The van der Waals surface area contributed by atoms with Crippen molar-refractivity contribution in [3.8, 4) is 0 Å². The molecule has 0 aromatic heterocycles. The standard InChI is InChI=1S/C13H13F3N2OS/c1-7(2)9-4-3-8(13(14,15)16)5-10(9)18-11(19)6-20-12(18)17/h3-5,7,17H,6H2,1-2H3. The van der Waals surface area contributed by atoms with Crippen LogP contribution in [-0.4, -0.2) is 16.8 Å². The number of halogens is 3. The summed E-state index contributed by atoms with van der Waals surface area (Å²) in [5.41, 5.74) is -0.0252. The smallest absolute Gasteiger partial charge is 0.278 e. The maximum atomic E-state index is 12.8. The third kappa shape index (κ3) is 2.67. The molecule has 1 aromatic carbocycles. The molecule has 1 aromatic rings. The first-order chi connectivity index (χ1) is 9.21. The number of rotatable bonds is 2. The van der Waals surface area contributed by atoms with Gasteiger partial charge in [0.05, 0.1) is 17.0 Å². The zero-order valence-electron chi connectivity index (χ0n) is 10.9. The van der Waals surface area contributed by atoms with Crippen LogP contribution in [0.15, 0.2) is 18.2 Å². The summed E-state index contributed by atoms with van der Waals surface area (Å²) in [6.45, 7) is 3.67. The number of benzene rings is 1. The Morgan fingerprint density at radius 3 is 2.45 bits per heavy atom. The van der Waals surface area contributed by atoms with Crippen LogP contribution in [0.3, 0.4) is 0 Å². The molecule has 1 saturated heterocycles. The van der Waals surface area contributed by atoms with E-state index in [0.717, 1.165) is 28.8 Å². The lowest BCUT2D eigenvalue weighted by molar-refractivity contribution is -0.137. The van der Waals surface area contributed by atoms with Crippen molar-refractivity contribution >= 4 is 28.5 Å². The number of amidine groups is 1. The SMILES string of the molecule is CC(C)c1ccc(C(F)(F)F)cc1N1C(=N)SCC1=O. The van der Waals surface area contributed by atoms with E-state index in [2.05, 4.69) is 0 Å². The van der Waals surface area contributed by atoms with Crippen LogP contribution in [0.5, 0.6) is 0 Å². The fraction of sp³-hybridized carbons (Fsp3) is 0.385. The van der Waals surface area contributed by atoms with Gasteiger partial charge < -0.3 is 0 Å². The average Bonchev–Trinajstić information content (AvgIpc) is 2.67. The summed E-state index contributed by atoms with van der Waals surface area (Å²) < 4.78 is 38.5. The van der Waals surface area contributed by atoms with Crippen LogP contribution in [0.2, 0.25) is 0 Å². The van der Waals surface area contributed by atoms with Crippen molar-refractivity contribution in [2.24, 2.45) is 0 Å². The maximum Gasteiger partial charge on any atom is 0.416 e. The molecule has 0 spiro atoms. The molecule has 0 unspecified atom stereocenters. The molecule has 1 amide bonds. The molecule has 0 radical (unpaired) electrons. The monoisotopic (exact) mass is 302 g/mol. The largest absolute Gasteiger partial charge is 0.416 e. The number of nitrogens with one attached hydrogen (secondary N) is 1. The van der Waals surface area contributed by atoms with Gasteiger partial charge in [0.2, 0.25) is 5.91 Å². The van der Waals surface area contributed by atoms with E-state index in [9.17, 15) is 18.0 Å². The number of nitrogens with zero attached hydrogens (tertiary/aromatic N) is 1. The van der Waals surface area contributed by atoms with Gasteiger partial charge in [0.25, 0.3) is 0 Å². The lowest BCUT2D eigenvalue weighted by Crippen LogP contribution is -2.30. The van der Waals surface area contributed by atoms with Gasteiger partial charge in [-0.05, 0) is 23.6 Å². The number of hydrogen-bond acceptors (Lipinski definition) is 3. The van der Waals surface area contributed by atoms with Gasteiger partial charge in [0.15, 0.2) is 5.17 Å². The Bertz CT molecular complexity index is 553. The fourth-order valence-corrected chi connectivity index (χ4v) is 2.74. The van der Waals surface area contributed by atoms with Crippen LogP contribution < -0.4 is 4.90 Å². The molecule has 1 N–H and O–H groups in total. The zero-order chi connectivity index (χ0) is 15.1. The third-order valence-electron chi connectivity index (χ3n) is 3.01. The molecule has 0 aliphatic carbocycles. The van der Waals surface area contributed by atoms with Gasteiger partial charge >= 0.3 is 6.18 Å². The molecule has 108 valence electrons. The normalized spacial score (nSPS) is 16.4. The molecule has 0 saturated carbocycles. The van der Waals surface area contributed by atoms with Crippen molar-refractivity contribution in [3.63, 3.8) is 0 Å². The quantitative estimate of drug-likeness (QED) is 0.902. The Morgan fingerprint density at radius 2 is 2.00 bits per heavy atom. The Hall–Kier alpha value is -1.50. The lowest BCUT2D eigenvalue weighted by Gasteiger charge is -2.22. The van der Waals surface area contributed by atoms with Gasteiger partial charge in [-0.25, -0.2) is 0 Å². The summed E-state index contributed by atoms with van der Waals surface area (Å²) in [7, 11) is 0. The number of hydrogen-bond donors (Lipinski definition) is 1. The highest BCUT2D eigenvalue weighted by Crippen LogP contribution is 2.38. The van der Waals surface area contributed by atoms with Crippen molar-refractivity contribution in [2.45, 2.75) is 25.9 Å². The Kier molecular flexibility index (Phi) is 3.82. The van der Waals surface area contributed by atoms with E-state index in [1.807, 2.05) is 13.8 Å². The molecule has 2 rings (SSSR count). The summed E-state index contributed by atoms with van der Waals surface area (Å²) in [6, 6.07) is 3.34. The fourth-order valence-electron chi connectivity index (χ4n) is 2.02. The van der Waals surface area contributed by atoms with Gasteiger partial charge in [0, 0.05) is 0 Å². The van der Waals surface area contributed by atoms with Gasteiger partial charge in [-0.2, -0.15) is 13.2 Å². The summed E-state index contributed by atoms with van der Waals surface area (Å²) in [4.78, 5) is 12.9. The average molecular weight is 302 g/mol. The lowest BCUT2D eigenvalue weighted by atomic mass is 9.98. The van der Waals surface area contributed by atoms with E-state index < -0.39 is 11.7 Å². The van der Waals surface area contributed by atoms with Crippen molar-refractivity contribution in [1.82, 2.24) is 0 Å². The zero-order valence-corrected chi connectivity index (χ0v) is 11.7. The Balaban J connectivity index is 2.58. The second-order valence-electron chi connectivity index (χ2n) is 4.75. The molecular formula is C13H13F3N2OS. The number of carbonyl (C=O) groups is 1. The minimum absolute atomic E-state index is 0.0313. The van der Waals surface area contributed by atoms with Crippen LogP contribution in [0.1, 0.15) is 30.9 Å². The van der Waals surface area contributed by atoms with Crippen LogP contribution in [0.25, 0.3) is 0 Å². The van der Waals surface area contributed by atoms with Crippen molar-refractivity contribution in [1.29, 1.82) is 5.41 Å². The number of alkyl halides is 3. The van der Waals surface area contributed by atoms with Crippen molar-refractivity contribution < 1.29 is 18.0 Å². The highest BCUT2D eigenvalue weighted by molar-refractivity contribution is 8.15. The highest BCUT2D eigenvalue weighted by Gasteiger charge is 2.35. The van der Waals surface area contributed by atoms with E-state index >= 15 is 0 Å². The van der Waals surface area contributed by atoms with Gasteiger partial charge in [-0.3, -0.25) is 15.1 Å². The first kappa shape index (κ1) is 14.9. The topological polar surface area (TPSA) is 44.2 Å². The van der Waals surface area contributed by atoms with Crippen LogP contribution in [0, 0.1) is 5.41 Å².